The van der Waals surface area contributed by atoms with E-state index in [1.165, 1.54) is 5.01 Å². The van der Waals surface area contributed by atoms with Gasteiger partial charge in [-0.25, -0.2) is 9.78 Å². The van der Waals surface area contributed by atoms with Crippen LogP contribution in [0.3, 0.4) is 0 Å². The molecule has 1 N–H and O–H groups in total. The minimum Gasteiger partial charge on any atom is -0.450 e. The molecule has 0 bridgehead atoms. The van der Waals surface area contributed by atoms with Crippen molar-refractivity contribution in [2.75, 3.05) is 46.4 Å². The number of ether oxygens (including phenoxy) is 1. The number of aromatic nitrogens is 1. The number of hydrogen-bond acceptors (Lipinski definition) is 5. The summed E-state index contributed by atoms with van der Waals surface area (Å²) in [6.45, 7) is 8.07. The second kappa shape index (κ2) is 10.2. The van der Waals surface area contributed by atoms with E-state index in [1.807, 2.05) is 13.8 Å². The van der Waals surface area contributed by atoms with Crippen molar-refractivity contribution in [1.29, 1.82) is 0 Å². The smallest absolute Gasteiger partial charge is 0.409 e. The van der Waals surface area contributed by atoms with Crippen molar-refractivity contribution in [2.24, 2.45) is 4.99 Å². The predicted molar refractivity (Wildman–Crippen MR) is 101 cm³/mol. The molecule has 1 aromatic rings. The average molecular weight is 368 g/mol. The van der Waals surface area contributed by atoms with Crippen LogP contribution in [0.1, 0.15) is 30.5 Å². The Morgan fingerprint density at radius 2 is 2.04 bits per heavy atom. The molecule has 140 valence electrons. The van der Waals surface area contributed by atoms with E-state index in [-0.39, 0.29) is 6.09 Å². The molecule has 1 aromatic heterocycles. The lowest BCUT2D eigenvalue weighted by atomic mass is 10.2. The summed E-state index contributed by atoms with van der Waals surface area (Å²) < 4.78 is 5.05. The summed E-state index contributed by atoms with van der Waals surface area (Å²) in [5.41, 5.74) is 1.11. The molecule has 0 spiro atoms. The van der Waals surface area contributed by atoms with Gasteiger partial charge in [0.1, 0.15) is 0 Å². The van der Waals surface area contributed by atoms with Gasteiger partial charge in [0.25, 0.3) is 0 Å². The van der Waals surface area contributed by atoms with Crippen molar-refractivity contribution in [3.8, 4) is 0 Å². The van der Waals surface area contributed by atoms with Crippen molar-refractivity contribution in [3.05, 3.63) is 16.1 Å². The normalized spacial score (nSPS) is 15.4. The molecule has 2 rings (SSSR count). The van der Waals surface area contributed by atoms with Gasteiger partial charge < -0.3 is 19.9 Å². The number of hydrogen-bond donors (Lipinski definition) is 1. The maximum absolute atomic E-state index is 11.7. The molecule has 7 nitrogen and oxygen atoms in total. The van der Waals surface area contributed by atoms with E-state index in [4.69, 9.17) is 4.74 Å². The van der Waals surface area contributed by atoms with E-state index in [1.54, 1.807) is 23.3 Å². The van der Waals surface area contributed by atoms with Gasteiger partial charge in [0.15, 0.2) is 5.96 Å². The Morgan fingerprint density at radius 1 is 1.32 bits per heavy atom. The monoisotopic (exact) mass is 367 g/mol. The quantitative estimate of drug-likeness (QED) is 0.474. The number of aliphatic imine (C=N–C) groups is 1. The van der Waals surface area contributed by atoms with Crippen molar-refractivity contribution in [1.82, 2.24) is 20.1 Å². The van der Waals surface area contributed by atoms with E-state index in [0.717, 1.165) is 50.6 Å². The number of piperazine rings is 1. The molecule has 0 saturated carbocycles. The molecule has 25 heavy (non-hydrogen) atoms. The molecule has 1 amide bonds. The topological polar surface area (TPSA) is 70.1 Å². The Bertz CT molecular complexity index is 567. The first-order valence-corrected chi connectivity index (χ1v) is 9.80. The molecule has 0 unspecified atom stereocenters. The molecule has 2 heterocycles. The molecular formula is C17H29N5O2S. The highest BCUT2D eigenvalue weighted by atomic mass is 32.1. The average Bonchev–Trinajstić information content (AvgIpc) is 3.04. The lowest BCUT2D eigenvalue weighted by molar-refractivity contribution is 0.0914. The second-order valence-corrected chi connectivity index (χ2v) is 6.93. The minimum atomic E-state index is -0.220. The predicted octanol–water partition coefficient (Wildman–Crippen LogP) is 2.12. The molecule has 1 aliphatic heterocycles. The molecule has 1 aliphatic rings. The second-order valence-electron chi connectivity index (χ2n) is 5.99. The minimum absolute atomic E-state index is 0.220. The summed E-state index contributed by atoms with van der Waals surface area (Å²) in [4.78, 5) is 24.5. The van der Waals surface area contributed by atoms with Crippen LogP contribution in [-0.4, -0.2) is 73.2 Å². The highest BCUT2D eigenvalue weighted by Crippen LogP contribution is 2.11. The van der Waals surface area contributed by atoms with Gasteiger partial charge in [0.2, 0.25) is 0 Å². The number of thiazole rings is 1. The van der Waals surface area contributed by atoms with Gasteiger partial charge in [0, 0.05) is 50.8 Å². The fourth-order valence-electron chi connectivity index (χ4n) is 2.77. The van der Waals surface area contributed by atoms with Crippen LogP contribution >= 0.6 is 11.3 Å². The van der Waals surface area contributed by atoms with E-state index in [2.05, 4.69) is 25.6 Å². The molecule has 1 fully saturated rings. The zero-order valence-corrected chi connectivity index (χ0v) is 16.3. The number of guanidine groups is 1. The van der Waals surface area contributed by atoms with Crippen molar-refractivity contribution < 1.29 is 9.53 Å². The number of carbonyl (C=O) groups excluding carboxylic acids is 1. The molecule has 0 atom stereocenters. The first-order valence-electron chi connectivity index (χ1n) is 8.92. The Hall–Kier alpha value is -1.83. The number of rotatable bonds is 6. The van der Waals surface area contributed by atoms with Gasteiger partial charge in [-0.2, -0.15) is 0 Å². The fourth-order valence-corrected chi connectivity index (χ4v) is 3.58. The lowest BCUT2D eigenvalue weighted by Crippen LogP contribution is -2.54. The summed E-state index contributed by atoms with van der Waals surface area (Å²) in [5.74, 6) is 0.911. The maximum Gasteiger partial charge on any atom is 0.409 e. The Balaban J connectivity index is 1.64. The zero-order valence-electron chi connectivity index (χ0n) is 15.5. The summed E-state index contributed by atoms with van der Waals surface area (Å²) in [6, 6.07) is 0. The first kappa shape index (κ1) is 19.5. The number of nitrogens with zero attached hydrogens (tertiary/aromatic N) is 4. The number of carbonyl (C=O) groups is 1. The number of amides is 1. The fraction of sp³-hybridized carbons (Fsp3) is 0.706. The van der Waals surface area contributed by atoms with Crippen molar-refractivity contribution in [3.63, 3.8) is 0 Å². The van der Waals surface area contributed by atoms with Gasteiger partial charge in [0.05, 0.1) is 11.6 Å². The van der Waals surface area contributed by atoms with Crippen LogP contribution in [0.25, 0.3) is 0 Å². The van der Waals surface area contributed by atoms with Crippen LogP contribution in [-0.2, 0) is 11.2 Å². The summed E-state index contributed by atoms with van der Waals surface area (Å²) in [6.07, 6.45) is 3.02. The van der Waals surface area contributed by atoms with Crippen LogP contribution in [0, 0.1) is 6.92 Å². The van der Waals surface area contributed by atoms with Crippen molar-refractivity contribution >= 4 is 23.4 Å². The van der Waals surface area contributed by atoms with Gasteiger partial charge in [-0.3, -0.25) is 4.99 Å². The zero-order chi connectivity index (χ0) is 18.1. The lowest BCUT2D eigenvalue weighted by Gasteiger charge is -2.35. The van der Waals surface area contributed by atoms with Gasteiger partial charge in [-0.05, 0) is 33.1 Å². The SMILES string of the molecule is CCOC(=O)N1CCN(C(=NC)NCCCCc2nc(C)cs2)CC1. The van der Waals surface area contributed by atoms with Crippen LogP contribution in [0.2, 0.25) is 0 Å². The highest BCUT2D eigenvalue weighted by Gasteiger charge is 2.23. The molecule has 8 heteroatoms. The van der Waals surface area contributed by atoms with Gasteiger partial charge in [-0.1, -0.05) is 0 Å². The van der Waals surface area contributed by atoms with Crippen LogP contribution < -0.4 is 5.32 Å². The molecule has 0 aliphatic carbocycles. The number of unbranched alkanes of at least 4 members (excludes halogenated alkanes) is 1. The largest absolute Gasteiger partial charge is 0.450 e. The molecule has 0 radical (unpaired) electrons. The summed E-state index contributed by atoms with van der Waals surface area (Å²) in [5, 5.41) is 6.75. The Labute approximate surface area is 154 Å². The maximum atomic E-state index is 11.7. The van der Waals surface area contributed by atoms with Crippen LogP contribution in [0.4, 0.5) is 4.79 Å². The van der Waals surface area contributed by atoms with E-state index in [0.29, 0.717) is 19.7 Å². The van der Waals surface area contributed by atoms with Crippen LogP contribution in [0.5, 0.6) is 0 Å². The van der Waals surface area contributed by atoms with Gasteiger partial charge in [-0.15, -0.1) is 11.3 Å². The molecule has 0 aromatic carbocycles. The van der Waals surface area contributed by atoms with Gasteiger partial charge >= 0.3 is 6.09 Å². The standard InChI is InChI=1S/C17H29N5O2S/c1-4-24-17(23)22-11-9-21(10-12-22)16(18-3)19-8-6-5-7-15-20-14(2)13-25-15/h13H,4-12H2,1-3H3,(H,18,19). The number of aryl methyl sites for hydroxylation is 2. The van der Waals surface area contributed by atoms with Crippen molar-refractivity contribution in [2.45, 2.75) is 33.1 Å². The Morgan fingerprint density at radius 3 is 2.64 bits per heavy atom. The van der Waals surface area contributed by atoms with E-state index in [9.17, 15) is 4.79 Å². The highest BCUT2D eigenvalue weighted by molar-refractivity contribution is 7.09. The molecular weight excluding hydrogens is 338 g/mol. The third-order valence-corrected chi connectivity index (χ3v) is 5.11. The van der Waals surface area contributed by atoms with Crippen LogP contribution in [0.15, 0.2) is 10.4 Å². The summed E-state index contributed by atoms with van der Waals surface area (Å²) >= 11 is 1.74. The van der Waals surface area contributed by atoms with E-state index < -0.39 is 0 Å². The summed E-state index contributed by atoms with van der Waals surface area (Å²) in [7, 11) is 1.80. The number of nitrogens with one attached hydrogen (secondary N) is 1. The molecule has 1 saturated heterocycles. The third-order valence-electron chi connectivity index (χ3n) is 4.08. The first-order chi connectivity index (χ1) is 12.1. The van der Waals surface area contributed by atoms with E-state index >= 15 is 0 Å². The Kier molecular flexibility index (Phi) is 7.97. The third kappa shape index (κ3) is 6.19.